The fourth-order valence-corrected chi connectivity index (χ4v) is 1.22. The summed E-state index contributed by atoms with van der Waals surface area (Å²) in [5, 5.41) is 8.70. The highest BCUT2D eigenvalue weighted by molar-refractivity contribution is 4.78. The van der Waals surface area contributed by atoms with Crippen LogP contribution in [-0.4, -0.2) is 42.5 Å². The Labute approximate surface area is 61.6 Å². The van der Waals surface area contributed by atoms with Crippen LogP contribution in [0.1, 0.15) is 13.3 Å². The zero-order chi connectivity index (χ0) is 7.61. The number of nitrogens with zero attached hydrogens (tertiary/aromatic N) is 1. The van der Waals surface area contributed by atoms with E-state index in [0.29, 0.717) is 6.42 Å². The fourth-order valence-electron chi connectivity index (χ4n) is 1.22. The van der Waals surface area contributed by atoms with Crippen LogP contribution < -0.4 is 0 Å². The van der Waals surface area contributed by atoms with Gasteiger partial charge in [-0.15, -0.1) is 0 Å². The van der Waals surface area contributed by atoms with Crippen molar-refractivity contribution in [1.82, 2.24) is 4.90 Å². The summed E-state index contributed by atoms with van der Waals surface area (Å²) in [6.45, 7) is 3.96. The Balaban J connectivity index is 2.48. The molecular formula is C7H15NO2. The van der Waals surface area contributed by atoms with Gasteiger partial charge in [0.2, 0.25) is 0 Å². The minimum absolute atomic E-state index is 0.195. The maximum absolute atomic E-state index is 8.70. The number of ether oxygens (including phenoxy) is 1. The van der Waals surface area contributed by atoms with Gasteiger partial charge in [-0.25, -0.2) is 0 Å². The maximum atomic E-state index is 8.70. The van der Waals surface area contributed by atoms with Gasteiger partial charge in [0, 0.05) is 19.6 Å². The van der Waals surface area contributed by atoms with Gasteiger partial charge in [0.15, 0.2) is 0 Å². The number of rotatable bonds is 2. The quantitative estimate of drug-likeness (QED) is 0.596. The molecule has 1 aliphatic rings. The molecular weight excluding hydrogens is 130 g/mol. The van der Waals surface area contributed by atoms with E-state index in [1.807, 2.05) is 14.0 Å². The SMILES string of the molecule is CN1CCOC1(C)CCO. The second kappa shape index (κ2) is 2.86. The highest BCUT2D eigenvalue weighted by Crippen LogP contribution is 2.23. The lowest BCUT2D eigenvalue weighted by Gasteiger charge is -2.29. The highest BCUT2D eigenvalue weighted by Gasteiger charge is 2.34. The van der Waals surface area contributed by atoms with Crippen molar-refractivity contribution in [1.29, 1.82) is 0 Å². The zero-order valence-electron chi connectivity index (χ0n) is 6.63. The maximum Gasteiger partial charge on any atom is 0.120 e. The first kappa shape index (κ1) is 7.98. The lowest BCUT2D eigenvalue weighted by Crippen LogP contribution is -2.40. The van der Waals surface area contributed by atoms with Crippen molar-refractivity contribution in [3.8, 4) is 0 Å². The number of aliphatic hydroxyl groups is 1. The Bertz CT molecular complexity index is 118. The smallest absolute Gasteiger partial charge is 0.120 e. The van der Waals surface area contributed by atoms with E-state index in [4.69, 9.17) is 9.84 Å². The Morgan fingerprint density at radius 2 is 2.40 bits per heavy atom. The molecule has 60 valence electrons. The van der Waals surface area contributed by atoms with Crippen molar-refractivity contribution in [3.05, 3.63) is 0 Å². The molecule has 1 aliphatic heterocycles. The minimum Gasteiger partial charge on any atom is -0.396 e. The van der Waals surface area contributed by atoms with Crippen LogP contribution in [0.2, 0.25) is 0 Å². The largest absolute Gasteiger partial charge is 0.396 e. The van der Waals surface area contributed by atoms with Gasteiger partial charge < -0.3 is 9.84 Å². The molecule has 10 heavy (non-hydrogen) atoms. The molecule has 0 aromatic rings. The van der Waals surface area contributed by atoms with E-state index < -0.39 is 0 Å². The van der Waals surface area contributed by atoms with Gasteiger partial charge in [-0.2, -0.15) is 0 Å². The van der Waals surface area contributed by atoms with Crippen molar-refractivity contribution < 1.29 is 9.84 Å². The van der Waals surface area contributed by atoms with Crippen molar-refractivity contribution in [3.63, 3.8) is 0 Å². The first-order chi connectivity index (χ1) is 4.69. The van der Waals surface area contributed by atoms with Gasteiger partial charge in [-0.05, 0) is 14.0 Å². The number of likely N-dealkylation sites (N-methyl/N-ethyl adjacent to an activating group) is 1. The average molecular weight is 145 g/mol. The molecule has 3 nitrogen and oxygen atoms in total. The summed E-state index contributed by atoms with van der Waals surface area (Å²) in [6.07, 6.45) is 0.698. The molecule has 0 aliphatic carbocycles. The highest BCUT2D eigenvalue weighted by atomic mass is 16.5. The first-order valence-electron chi connectivity index (χ1n) is 3.65. The summed E-state index contributed by atoms with van der Waals surface area (Å²) < 4.78 is 5.46. The third kappa shape index (κ3) is 1.31. The van der Waals surface area contributed by atoms with Crippen molar-refractivity contribution in [2.24, 2.45) is 0 Å². The summed E-state index contributed by atoms with van der Waals surface area (Å²) in [7, 11) is 2.02. The normalized spacial score (nSPS) is 35.1. The van der Waals surface area contributed by atoms with Crippen molar-refractivity contribution in [2.45, 2.75) is 19.1 Å². The first-order valence-corrected chi connectivity index (χ1v) is 3.65. The minimum atomic E-state index is -0.214. The Hall–Kier alpha value is -0.120. The van der Waals surface area contributed by atoms with Crippen molar-refractivity contribution in [2.75, 3.05) is 26.8 Å². The van der Waals surface area contributed by atoms with Crippen LogP contribution in [-0.2, 0) is 4.74 Å². The van der Waals surface area contributed by atoms with Crippen LogP contribution in [0.5, 0.6) is 0 Å². The van der Waals surface area contributed by atoms with Crippen LogP contribution in [0.15, 0.2) is 0 Å². The molecule has 0 bridgehead atoms. The average Bonchev–Trinajstić information content (AvgIpc) is 2.15. The molecule has 3 heteroatoms. The number of hydrogen-bond donors (Lipinski definition) is 1. The van der Waals surface area contributed by atoms with E-state index in [1.54, 1.807) is 0 Å². The van der Waals surface area contributed by atoms with Gasteiger partial charge in [0.05, 0.1) is 6.61 Å². The molecule has 1 heterocycles. The van der Waals surface area contributed by atoms with Gasteiger partial charge in [-0.3, -0.25) is 4.90 Å². The molecule has 1 N–H and O–H groups in total. The van der Waals surface area contributed by atoms with E-state index in [0.717, 1.165) is 13.2 Å². The van der Waals surface area contributed by atoms with Gasteiger partial charge in [0.1, 0.15) is 5.72 Å². The predicted molar refractivity (Wildman–Crippen MR) is 38.7 cm³/mol. The Morgan fingerprint density at radius 3 is 2.80 bits per heavy atom. The Morgan fingerprint density at radius 1 is 1.70 bits per heavy atom. The third-order valence-electron chi connectivity index (χ3n) is 2.22. The number of aliphatic hydroxyl groups excluding tert-OH is 1. The zero-order valence-corrected chi connectivity index (χ0v) is 6.63. The van der Waals surface area contributed by atoms with Gasteiger partial charge in [0.25, 0.3) is 0 Å². The Kier molecular flexibility index (Phi) is 2.28. The van der Waals surface area contributed by atoms with Gasteiger partial charge >= 0.3 is 0 Å². The van der Waals surface area contributed by atoms with Crippen molar-refractivity contribution >= 4 is 0 Å². The molecule has 0 aromatic carbocycles. The van der Waals surface area contributed by atoms with E-state index in [9.17, 15) is 0 Å². The summed E-state index contributed by atoms with van der Waals surface area (Å²) in [6, 6.07) is 0. The van der Waals surface area contributed by atoms with Crippen LogP contribution in [0.25, 0.3) is 0 Å². The molecule has 1 saturated heterocycles. The molecule has 0 saturated carbocycles. The van der Waals surface area contributed by atoms with Crippen LogP contribution in [0.4, 0.5) is 0 Å². The van der Waals surface area contributed by atoms with Crippen LogP contribution in [0, 0.1) is 0 Å². The molecule has 1 unspecified atom stereocenters. The summed E-state index contributed by atoms with van der Waals surface area (Å²) in [4.78, 5) is 2.13. The molecule has 1 atom stereocenters. The molecule has 0 spiro atoms. The number of hydrogen-bond acceptors (Lipinski definition) is 3. The second-order valence-electron chi connectivity index (χ2n) is 2.92. The monoisotopic (exact) mass is 145 g/mol. The van der Waals surface area contributed by atoms with Crippen LogP contribution in [0.3, 0.4) is 0 Å². The van der Waals surface area contributed by atoms with E-state index in [2.05, 4.69) is 4.90 Å². The standard InChI is InChI=1S/C7H15NO2/c1-7(3-5-9)8(2)4-6-10-7/h9H,3-6H2,1-2H3. The molecule has 1 fully saturated rings. The lowest BCUT2D eigenvalue weighted by molar-refractivity contribution is -0.0706. The van der Waals surface area contributed by atoms with E-state index in [1.165, 1.54) is 0 Å². The van der Waals surface area contributed by atoms with E-state index >= 15 is 0 Å². The molecule has 1 rings (SSSR count). The third-order valence-corrected chi connectivity index (χ3v) is 2.22. The molecule has 0 radical (unpaired) electrons. The predicted octanol–water partition coefficient (Wildman–Crippen LogP) is 0.0470. The molecule has 0 aromatic heterocycles. The van der Waals surface area contributed by atoms with Gasteiger partial charge in [-0.1, -0.05) is 0 Å². The summed E-state index contributed by atoms with van der Waals surface area (Å²) in [5.74, 6) is 0. The van der Waals surface area contributed by atoms with Crippen LogP contribution >= 0.6 is 0 Å². The molecule has 0 amide bonds. The summed E-state index contributed by atoms with van der Waals surface area (Å²) >= 11 is 0. The summed E-state index contributed by atoms with van der Waals surface area (Å²) in [5.41, 5.74) is -0.214. The van der Waals surface area contributed by atoms with E-state index in [-0.39, 0.29) is 12.3 Å². The lowest BCUT2D eigenvalue weighted by atomic mass is 10.2. The fraction of sp³-hybridized carbons (Fsp3) is 1.00. The second-order valence-corrected chi connectivity index (χ2v) is 2.92. The topological polar surface area (TPSA) is 32.7 Å².